The van der Waals surface area contributed by atoms with Gasteiger partial charge in [0.25, 0.3) is 0 Å². The molecule has 1 aliphatic carbocycles. The Labute approximate surface area is 273 Å². The standard InChI is InChI=1S/C43H29N3O/c1-4-14-28(15-5-1)31-26-37(40-36-22-12-13-23-38(36)47-39(40)27-31)34-24-25-35(33-21-11-10-20-32(33)34)43-45-41(29-16-6-2-7-17-29)44-42(46-43)30-18-8-3-9-19-30/h1-27,39-40H. The van der Waals surface area contributed by atoms with Crippen LogP contribution in [0.1, 0.15) is 22.6 Å². The lowest BCUT2D eigenvalue weighted by Crippen LogP contribution is -2.21. The second-order valence-corrected chi connectivity index (χ2v) is 11.9. The van der Waals surface area contributed by atoms with E-state index >= 15 is 0 Å². The van der Waals surface area contributed by atoms with E-state index in [-0.39, 0.29) is 12.0 Å². The molecular weight excluding hydrogens is 574 g/mol. The molecule has 0 radical (unpaired) electrons. The van der Waals surface area contributed by atoms with Crippen LogP contribution in [0.2, 0.25) is 0 Å². The van der Waals surface area contributed by atoms with Crippen LogP contribution >= 0.6 is 0 Å². The van der Waals surface area contributed by atoms with E-state index in [1.807, 2.05) is 66.7 Å². The molecule has 1 aliphatic heterocycles. The third-order valence-electron chi connectivity index (χ3n) is 9.12. The summed E-state index contributed by atoms with van der Waals surface area (Å²) in [6.45, 7) is 0. The second-order valence-electron chi connectivity index (χ2n) is 11.9. The number of rotatable bonds is 5. The summed E-state index contributed by atoms with van der Waals surface area (Å²) in [5, 5.41) is 2.24. The zero-order valence-electron chi connectivity index (χ0n) is 25.5. The first kappa shape index (κ1) is 27.2. The summed E-state index contributed by atoms with van der Waals surface area (Å²) in [5.74, 6) is 2.98. The van der Waals surface area contributed by atoms with Crippen LogP contribution in [0.5, 0.6) is 5.75 Å². The Morgan fingerprint density at radius 3 is 1.62 bits per heavy atom. The Morgan fingerprint density at radius 1 is 0.447 bits per heavy atom. The van der Waals surface area contributed by atoms with E-state index < -0.39 is 0 Å². The van der Waals surface area contributed by atoms with Gasteiger partial charge in [-0.15, -0.1) is 0 Å². The lowest BCUT2D eigenvalue weighted by molar-refractivity contribution is 0.272. The molecule has 0 fully saturated rings. The molecule has 222 valence electrons. The van der Waals surface area contributed by atoms with Gasteiger partial charge in [0.2, 0.25) is 0 Å². The number of allylic oxidation sites excluding steroid dienone is 2. The molecule has 4 heteroatoms. The Kier molecular flexibility index (Phi) is 6.57. The van der Waals surface area contributed by atoms with Crippen molar-refractivity contribution in [3.05, 3.63) is 181 Å². The van der Waals surface area contributed by atoms with Gasteiger partial charge in [-0.3, -0.25) is 0 Å². The highest BCUT2D eigenvalue weighted by Gasteiger charge is 2.39. The summed E-state index contributed by atoms with van der Waals surface area (Å²) in [6, 6.07) is 52.2. The van der Waals surface area contributed by atoms with Gasteiger partial charge in [0, 0.05) is 22.3 Å². The van der Waals surface area contributed by atoms with E-state index in [9.17, 15) is 0 Å². The molecule has 0 saturated carbocycles. The third-order valence-corrected chi connectivity index (χ3v) is 9.12. The summed E-state index contributed by atoms with van der Waals surface area (Å²) in [7, 11) is 0. The van der Waals surface area contributed by atoms with Gasteiger partial charge in [0.05, 0.1) is 5.92 Å². The van der Waals surface area contributed by atoms with Crippen molar-refractivity contribution in [3.8, 4) is 39.9 Å². The number of ether oxygens (including phenoxy) is 1. The molecule has 0 bridgehead atoms. The second kappa shape index (κ2) is 11.3. The third kappa shape index (κ3) is 4.82. The van der Waals surface area contributed by atoms with E-state index in [1.54, 1.807) is 0 Å². The average Bonchev–Trinajstić information content (AvgIpc) is 3.54. The van der Waals surface area contributed by atoms with Crippen molar-refractivity contribution in [1.82, 2.24) is 15.0 Å². The number of fused-ring (bicyclic) bond motifs is 4. The van der Waals surface area contributed by atoms with Crippen LogP contribution in [0.15, 0.2) is 164 Å². The minimum atomic E-state index is -0.0913. The number of para-hydroxylation sites is 1. The number of hydrogen-bond donors (Lipinski definition) is 0. The summed E-state index contributed by atoms with van der Waals surface area (Å²) in [4.78, 5) is 15.0. The molecule has 6 aromatic carbocycles. The molecule has 1 aromatic heterocycles. The first-order chi connectivity index (χ1) is 23.3. The summed E-state index contributed by atoms with van der Waals surface area (Å²) >= 11 is 0. The summed E-state index contributed by atoms with van der Waals surface area (Å²) in [5.41, 5.74) is 8.86. The zero-order valence-corrected chi connectivity index (χ0v) is 25.5. The maximum Gasteiger partial charge on any atom is 0.164 e. The van der Waals surface area contributed by atoms with Crippen LogP contribution < -0.4 is 4.74 Å². The van der Waals surface area contributed by atoms with E-state index in [2.05, 4.69) is 97.1 Å². The molecule has 9 rings (SSSR count). The normalized spacial score (nSPS) is 16.5. The van der Waals surface area contributed by atoms with Crippen molar-refractivity contribution in [1.29, 1.82) is 0 Å². The quantitative estimate of drug-likeness (QED) is 0.196. The van der Waals surface area contributed by atoms with Gasteiger partial charge >= 0.3 is 0 Å². The predicted octanol–water partition coefficient (Wildman–Crippen LogP) is 10.1. The van der Waals surface area contributed by atoms with Gasteiger partial charge in [-0.2, -0.15) is 0 Å². The topological polar surface area (TPSA) is 47.9 Å². The number of benzene rings is 6. The van der Waals surface area contributed by atoms with Gasteiger partial charge in [0.15, 0.2) is 17.5 Å². The van der Waals surface area contributed by atoms with Gasteiger partial charge in [-0.1, -0.05) is 140 Å². The maximum absolute atomic E-state index is 6.59. The monoisotopic (exact) mass is 603 g/mol. The van der Waals surface area contributed by atoms with Crippen molar-refractivity contribution < 1.29 is 4.74 Å². The minimum Gasteiger partial charge on any atom is -0.485 e. The minimum absolute atomic E-state index is 0.0828. The van der Waals surface area contributed by atoms with Crippen LogP contribution in [0.25, 0.3) is 56.1 Å². The Bertz CT molecular complexity index is 2270. The average molecular weight is 604 g/mol. The van der Waals surface area contributed by atoms with Crippen LogP contribution in [0.4, 0.5) is 0 Å². The molecule has 2 heterocycles. The summed E-state index contributed by atoms with van der Waals surface area (Å²) in [6.07, 6.45) is 4.54. The van der Waals surface area contributed by atoms with E-state index in [0.29, 0.717) is 17.5 Å². The number of hydrogen-bond acceptors (Lipinski definition) is 4. The molecule has 7 aromatic rings. The molecule has 4 nitrogen and oxygen atoms in total. The smallest absolute Gasteiger partial charge is 0.164 e. The van der Waals surface area contributed by atoms with Crippen LogP contribution in [0.3, 0.4) is 0 Å². The van der Waals surface area contributed by atoms with Gasteiger partial charge in [-0.05, 0) is 57.3 Å². The molecular formula is C43H29N3O. The first-order valence-corrected chi connectivity index (χ1v) is 15.9. The predicted molar refractivity (Wildman–Crippen MR) is 190 cm³/mol. The fourth-order valence-electron chi connectivity index (χ4n) is 6.92. The van der Waals surface area contributed by atoms with Gasteiger partial charge in [0.1, 0.15) is 11.9 Å². The van der Waals surface area contributed by atoms with Crippen LogP contribution in [-0.2, 0) is 0 Å². The fraction of sp³-hybridized carbons (Fsp3) is 0.0465. The largest absolute Gasteiger partial charge is 0.485 e. The molecule has 2 aliphatic rings. The van der Waals surface area contributed by atoms with Crippen molar-refractivity contribution in [2.75, 3.05) is 0 Å². The number of nitrogens with zero attached hydrogens (tertiary/aromatic N) is 3. The molecule has 47 heavy (non-hydrogen) atoms. The lowest BCUT2D eigenvalue weighted by atomic mass is 9.77. The maximum atomic E-state index is 6.59. The van der Waals surface area contributed by atoms with E-state index in [0.717, 1.165) is 33.2 Å². The Morgan fingerprint density at radius 2 is 0.957 bits per heavy atom. The van der Waals surface area contributed by atoms with Crippen molar-refractivity contribution >= 4 is 21.9 Å². The van der Waals surface area contributed by atoms with Crippen LogP contribution in [-0.4, -0.2) is 21.1 Å². The molecule has 0 amide bonds. The van der Waals surface area contributed by atoms with Crippen molar-refractivity contribution in [3.63, 3.8) is 0 Å². The molecule has 0 N–H and O–H groups in total. The van der Waals surface area contributed by atoms with Gasteiger partial charge in [-0.25, -0.2) is 15.0 Å². The zero-order chi connectivity index (χ0) is 31.2. The highest BCUT2D eigenvalue weighted by Crippen LogP contribution is 2.51. The van der Waals surface area contributed by atoms with E-state index in [1.165, 1.54) is 27.8 Å². The highest BCUT2D eigenvalue weighted by molar-refractivity contribution is 6.05. The lowest BCUT2D eigenvalue weighted by Gasteiger charge is -2.27. The van der Waals surface area contributed by atoms with Crippen LogP contribution in [0, 0.1) is 0 Å². The van der Waals surface area contributed by atoms with Gasteiger partial charge < -0.3 is 4.74 Å². The molecule has 2 atom stereocenters. The summed E-state index contributed by atoms with van der Waals surface area (Å²) < 4.78 is 6.59. The van der Waals surface area contributed by atoms with E-state index in [4.69, 9.17) is 19.7 Å². The van der Waals surface area contributed by atoms with Crippen molar-refractivity contribution in [2.24, 2.45) is 0 Å². The fourth-order valence-corrected chi connectivity index (χ4v) is 6.92. The molecule has 0 spiro atoms. The van der Waals surface area contributed by atoms with Crippen molar-refractivity contribution in [2.45, 2.75) is 12.0 Å². The highest BCUT2D eigenvalue weighted by atomic mass is 16.5. The first-order valence-electron chi connectivity index (χ1n) is 15.9. The molecule has 0 saturated heterocycles. The molecule has 2 unspecified atom stereocenters. The SMILES string of the molecule is C1=C(c2ccccc2)C=C(c2ccc(-c3nc(-c4ccccc4)nc(-c4ccccc4)n3)c3ccccc23)C2c3ccccc3OC12. The Balaban J connectivity index is 1.24. The number of aromatic nitrogens is 3. The Hall–Kier alpha value is -6.13.